The van der Waals surface area contributed by atoms with E-state index in [0.717, 1.165) is 10.9 Å². The number of carbonyl (C=O) groups excluding carboxylic acids is 2. The highest BCUT2D eigenvalue weighted by molar-refractivity contribution is 9.10. The fourth-order valence-corrected chi connectivity index (χ4v) is 3.16. The number of hydrogen-bond acceptors (Lipinski definition) is 2. The predicted molar refractivity (Wildman–Crippen MR) is 91.1 cm³/mol. The lowest BCUT2D eigenvalue weighted by Gasteiger charge is -2.31. The molecule has 0 radical (unpaired) electrons. The van der Waals surface area contributed by atoms with Gasteiger partial charge >= 0.3 is 0 Å². The molecule has 2 amide bonds. The average molecular weight is 388 g/mol. The molecule has 0 atom stereocenters. The first-order chi connectivity index (χ1) is 10.5. The Labute approximate surface area is 144 Å². The van der Waals surface area contributed by atoms with Crippen LogP contribution in [0.4, 0.5) is 0 Å². The van der Waals surface area contributed by atoms with Gasteiger partial charge in [0.2, 0.25) is 5.91 Å². The van der Waals surface area contributed by atoms with Crippen molar-refractivity contribution >= 4 is 39.3 Å². The topological polar surface area (TPSA) is 49.4 Å². The SMILES string of the molecule is CCCNC(=O)C1CCN(C(=O)c2cc(Cl)ccc2Br)CC1. The van der Waals surface area contributed by atoms with Gasteiger partial charge in [-0.25, -0.2) is 0 Å². The molecule has 1 aromatic rings. The Morgan fingerprint density at radius 3 is 2.68 bits per heavy atom. The number of nitrogens with zero attached hydrogens (tertiary/aromatic N) is 1. The minimum absolute atomic E-state index is 0.0124. The molecule has 0 unspecified atom stereocenters. The van der Waals surface area contributed by atoms with Crippen molar-refractivity contribution in [2.75, 3.05) is 19.6 Å². The van der Waals surface area contributed by atoms with E-state index in [-0.39, 0.29) is 17.7 Å². The van der Waals surface area contributed by atoms with Crippen LogP contribution < -0.4 is 5.32 Å². The average Bonchev–Trinajstić information content (AvgIpc) is 2.54. The molecule has 0 spiro atoms. The molecule has 1 aliphatic heterocycles. The monoisotopic (exact) mass is 386 g/mol. The number of halogens is 2. The van der Waals surface area contributed by atoms with Gasteiger partial charge in [-0.2, -0.15) is 0 Å². The van der Waals surface area contributed by atoms with E-state index < -0.39 is 0 Å². The summed E-state index contributed by atoms with van der Waals surface area (Å²) in [6, 6.07) is 5.20. The minimum atomic E-state index is -0.0400. The Kier molecular flexibility index (Phi) is 6.26. The summed E-state index contributed by atoms with van der Waals surface area (Å²) in [5, 5.41) is 3.47. The number of benzene rings is 1. The molecule has 0 saturated carbocycles. The number of amides is 2. The van der Waals surface area contributed by atoms with E-state index >= 15 is 0 Å². The lowest BCUT2D eigenvalue weighted by Crippen LogP contribution is -2.43. The normalized spacial score (nSPS) is 15.7. The Balaban J connectivity index is 1.95. The van der Waals surface area contributed by atoms with E-state index in [4.69, 9.17) is 11.6 Å². The molecule has 0 bridgehead atoms. The van der Waals surface area contributed by atoms with E-state index in [9.17, 15) is 9.59 Å². The minimum Gasteiger partial charge on any atom is -0.356 e. The number of carbonyl (C=O) groups is 2. The highest BCUT2D eigenvalue weighted by atomic mass is 79.9. The maximum absolute atomic E-state index is 12.6. The zero-order valence-corrected chi connectivity index (χ0v) is 14.9. The van der Waals surface area contributed by atoms with Crippen molar-refractivity contribution in [1.29, 1.82) is 0 Å². The molecule has 1 heterocycles. The molecule has 1 N–H and O–H groups in total. The second-order valence-corrected chi connectivity index (χ2v) is 6.77. The zero-order valence-electron chi connectivity index (χ0n) is 12.6. The summed E-state index contributed by atoms with van der Waals surface area (Å²) in [5.41, 5.74) is 0.571. The quantitative estimate of drug-likeness (QED) is 0.860. The van der Waals surface area contributed by atoms with Gasteiger partial charge in [-0.15, -0.1) is 0 Å². The van der Waals surface area contributed by atoms with Crippen LogP contribution >= 0.6 is 27.5 Å². The van der Waals surface area contributed by atoms with Crippen LogP contribution in [0.2, 0.25) is 5.02 Å². The first-order valence-electron chi connectivity index (χ1n) is 7.55. The molecule has 120 valence electrons. The van der Waals surface area contributed by atoms with Gasteiger partial charge in [-0.3, -0.25) is 9.59 Å². The summed E-state index contributed by atoms with van der Waals surface area (Å²) in [6.45, 7) is 3.95. The molecule has 1 aliphatic rings. The second-order valence-electron chi connectivity index (χ2n) is 5.48. The van der Waals surface area contributed by atoms with Crippen LogP contribution in [0, 0.1) is 5.92 Å². The van der Waals surface area contributed by atoms with Crippen LogP contribution in [0.5, 0.6) is 0 Å². The molecule has 6 heteroatoms. The Hall–Kier alpha value is -1.07. The molecule has 0 aliphatic carbocycles. The second kappa shape index (κ2) is 7.97. The molecular weight excluding hydrogens is 368 g/mol. The van der Waals surface area contributed by atoms with Gasteiger partial charge in [0, 0.05) is 35.0 Å². The highest BCUT2D eigenvalue weighted by Crippen LogP contribution is 2.25. The van der Waals surface area contributed by atoms with Crippen LogP contribution in [0.15, 0.2) is 22.7 Å². The van der Waals surface area contributed by atoms with Gasteiger partial charge in [0.15, 0.2) is 0 Å². The summed E-state index contributed by atoms with van der Waals surface area (Å²) in [5.74, 6) is 0.0816. The number of nitrogens with one attached hydrogen (secondary N) is 1. The van der Waals surface area contributed by atoms with Crippen molar-refractivity contribution in [3.63, 3.8) is 0 Å². The van der Waals surface area contributed by atoms with Crippen molar-refractivity contribution in [2.45, 2.75) is 26.2 Å². The summed E-state index contributed by atoms with van der Waals surface area (Å²) in [6.07, 6.45) is 2.35. The third-order valence-electron chi connectivity index (χ3n) is 3.86. The molecule has 0 aromatic heterocycles. The summed E-state index contributed by atoms with van der Waals surface area (Å²) in [7, 11) is 0. The molecule has 1 fully saturated rings. The van der Waals surface area contributed by atoms with E-state index in [1.54, 1.807) is 23.1 Å². The van der Waals surface area contributed by atoms with Gasteiger partial charge in [0.05, 0.1) is 5.56 Å². The first-order valence-corrected chi connectivity index (χ1v) is 8.72. The van der Waals surface area contributed by atoms with E-state index in [0.29, 0.717) is 43.1 Å². The van der Waals surface area contributed by atoms with Crippen LogP contribution in [0.1, 0.15) is 36.5 Å². The number of hydrogen-bond donors (Lipinski definition) is 1. The molecule has 1 aromatic carbocycles. The molecular formula is C16H20BrClN2O2. The number of rotatable bonds is 4. The number of likely N-dealkylation sites (tertiary alicyclic amines) is 1. The number of piperidine rings is 1. The predicted octanol–water partition coefficient (Wildman–Crippen LogP) is 3.48. The molecule has 22 heavy (non-hydrogen) atoms. The Morgan fingerprint density at radius 1 is 1.36 bits per heavy atom. The molecule has 4 nitrogen and oxygen atoms in total. The van der Waals surface area contributed by atoms with Crippen LogP contribution in [0.25, 0.3) is 0 Å². The maximum Gasteiger partial charge on any atom is 0.255 e. The smallest absolute Gasteiger partial charge is 0.255 e. The molecule has 1 saturated heterocycles. The lowest BCUT2D eigenvalue weighted by molar-refractivity contribution is -0.126. The van der Waals surface area contributed by atoms with Gasteiger partial charge < -0.3 is 10.2 Å². The van der Waals surface area contributed by atoms with Crippen LogP contribution in [-0.2, 0) is 4.79 Å². The Morgan fingerprint density at radius 2 is 2.05 bits per heavy atom. The highest BCUT2D eigenvalue weighted by Gasteiger charge is 2.28. The summed E-state index contributed by atoms with van der Waals surface area (Å²) in [4.78, 5) is 26.3. The van der Waals surface area contributed by atoms with Crippen molar-refractivity contribution in [1.82, 2.24) is 10.2 Å². The van der Waals surface area contributed by atoms with Gasteiger partial charge in [-0.05, 0) is 53.4 Å². The maximum atomic E-state index is 12.6. The fraction of sp³-hybridized carbons (Fsp3) is 0.500. The van der Waals surface area contributed by atoms with Crippen LogP contribution in [0.3, 0.4) is 0 Å². The van der Waals surface area contributed by atoms with Gasteiger partial charge in [0.1, 0.15) is 0 Å². The van der Waals surface area contributed by atoms with Crippen molar-refractivity contribution in [3.8, 4) is 0 Å². The summed E-state index contributed by atoms with van der Waals surface area (Å²) >= 11 is 9.36. The molecule has 2 rings (SSSR count). The van der Waals surface area contributed by atoms with Crippen LogP contribution in [-0.4, -0.2) is 36.3 Å². The largest absolute Gasteiger partial charge is 0.356 e. The van der Waals surface area contributed by atoms with Crippen molar-refractivity contribution < 1.29 is 9.59 Å². The van der Waals surface area contributed by atoms with Gasteiger partial charge in [-0.1, -0.05) is 18.5 Å². The van der Waals surface area contributed by atoms with Crippen molar-refractivity contribution in [2.24, 2.45) is 5.92 Å². The van der Waals surface area contributed by atoms with E-state index in [2.05, 4.69) is 21.2 Å². The zero-order chi connectivity index (χ0) is 16.1. The summed E-state index contributed by atoms with van der Waals surface area (Å²) < 4.78 is 0.740. The van der Waals surface area contributed by atoms with E-state index in [1.165, 1.54) is 0 Å². The lowest BCUT2D eigenvalue weighted by atomic mass is 9.95. The Bertz CT molecular complexity index is 557. The van der Waals surface area contributed by atoms with E-state index in [1.807, 2.05) is 6.92 Å². The third kappa shape index (κ3) is 4.23. The standard InChI is InChI=1S/C16H20BrClN2O2/c1-2-7-19-15(21)11-5-8-20(9-6-11)16(22)13-10-12(18)3-4-14(13)17/h3-4,10-11H,2,5-9H2,1H3,(H,19,21). The van der Waals surface area contributed by atoms with Crippen molar-refractivity contribution in [3.05, 3.63) is 33.3 Å². The first kappa shape index (κ1) is 17.3. The third-order valence-corrected chi connectivity index (χ3v) is 4.79. The van der Waals surface area contributed by atoms with Gasteiger partial charge in [0.25, 0.3) is 5.91 Å². The fourth-order valence-electron chi connectivity index (χ4n) is 2.57.